The lowest BCUT2D eigenvalue weighted by Gasteiger charge is -2.17. The number of halogens is 1. The molecule has 0 unspecified atom stereocenters. The van der Waals surface area contributed by atoms with E-state index in [4.69, 9.17) is 22.1 Å². The van der Waals surface area contributed by atoms with Crippen molar-refractivity contribution in [3.05, 3.63) is 28.8 Å². The molecule has 0 saturated carbocycles. The van der Waals surface area contributed by atoms with Crippen LogP contribution in [0.25, 0.3) is 0 Å². The van der Waals surface area contributed by atoms with Crippen molar-refractivity contribution >= 4 is 23.3 Å². The first-order valence-electron chi connectivity index (χ1n) is 6.03. The van der Waals surface area contributed by atoms with Crippen molar-refractivity contribution in [3.8, 4) is 0 Å². The zero-order valence-electron chi connectivity index (χ0n) is 10.8. The first kappa shape index (κ1) is 14.8. The second kappa shape index (κ2) is 7.24. The van der Waals surface area contributed by atoms with Gasteiger partial charge in [-0.15, -0.1) is 0 Å². The van der Waals surface area contributed by atoms with Gasteiger partial charge in [-0.1, -0.05) is 25.4 Å². The molecule has 0 aliphatic carbocycles. The molecule has 0 spiro atoms. The number of anilines is 1. The SMILES string of the molecule is CCN(CC)CCOC(=O)c1ccc(Cl)c(N)c1. The molecule has 0 aliphatic rings. The number of nitrogens with two attached hydrogens (primary N) is 1. The van der Waals surface area contributed by atoms with E-state index in [1.165, 1.54) is 6.07 Å². The third-order valence-corrected chi connectivity index (χ3v) is 3.11. The van der Waals surface area contributed by atoms with E-state index in [0.29, 0.717) is 22.9 Å². The average Bonchev–Trinajstić information content (AvgIpc) is 2.37. The Kier molecular flexibility index (Phi) is 5.95. The predicted octanol–water partition coefficient (Wildman–Crippen LogP) is 2.42. The zero-order chi connectivity index (χ0) is 13.5. The number of likely N-dealkylation sites (N-methyl/N-ethyl adjacent to an activating group) is 1. The summed E-state index contributed by atoms with van der Waals surface area (Å²) in [6.45, 7) is 7.16. The van der Waals surface area contributed by atoms with E-state index < -0.39 is 0 Å². The molecule has 1 rings (SSSR count). The Hall–Kier alpha value is -1.26. The third kappa shape index (κ3) is 4.20. The minimum atomic E-state index is -0.370. The maximum Gasteiger partial charge on any atom is 0.338 e. The highest BCUT2D eigenvalue weighted by molar-refractivity contribution is 6.33. The van der Waals surface area contributed by atoms with Crippen molar-refractivity contribution in [2.45, 2.75) is 13.8 Å². The first-order chi connectivity index (χ1) is 8.58. The maximum absolute atomic E-state index is 11.7. The van der Waals surface area contributed by atoms with Crippen LogP contribution in [0.3, 0.4) is 0 Å². The summed E-state index contributed by atoms with van der Waals surface area (Å²) in [7, 11) is 0. The minimum absolute atomic E-state index is 0.370. The Morgan fingerprint density at radius 2 is 2.06 bits per heavy atom. The van der Waals surface area contributed by atoms with Crippen LogP contribution < -0.4 is 5.73 Å². The molecule has 0 aliphatic heterocycles. The van der Waals surface area contributed by atoms with Crippen LogP contribution in [0.2, 0.25) is 5.02 Å². The molecule has 4 nitrogen and oxygen atoms in total. The number of ether oxygens (including phenoxy) is 1. The number of hydrogen-bond acceptors (Lipinski definition) is 4. The van der Waals surface area contributed by atoms with Gasteiger partial charge in [0.2, 0.25) is 0 Å². The fraction of sp³-hybridized carbons (Fsp3) is 0.462. The summed E-state index contributed by atoms with van der Waals surface area (Å²) in [6, 6.07) is 4.73. The van der Waals surface area contributed by atoms with Crippen LogP contribution >= 0.6 is 11.6 Å². The Morgan fingerprint density at radius 1 is 1.39 bits per heavy atom. The summed E-state index contributed by atoms with van der Waals surface area (Å²) in [5.41, 5.74) is 6.44. The van der Waals surface area contributed by atoms with Crippen molar-refractivity contribution in [3.63, 3.8) is 0 Å². The molecule has 0 aromatic heterocycles. The quantitative estimate of drug-likeness (QED) is 0.637. The van der Waals surface area contributed by atoms with Crippen LogP contribution in [0, 0.1) is 0 Å². The molecule has 0 radical (unpaired) electrons. The van der Waals surface area contributed by atoms with Crippen LogP contribution in [0.4, 0.5) is 5.69 Å². The maximum atomic E-state index is 11.7. The second-order valence-corrected chi connectivity index (χ2v) is 4.31. The van der Waals surface area contributed by atoms with Gasteiger partial charge in [-0.25, -0.2) is 4.79 Å². The van der Waals surface area contributed by atoms with E-state index in [1.54, 1.807) is 12.1 Å². The monoisotopic (exact) mass is 270 g/mol. The molecule has 2 N–H and O–H groups in total. The Labute approximate surface area is 113 Å². The average molecular weight is 271 g/mol. The molecule has 0 fully saturated rings. The summed E-state index contributed by atoms with van der Waals surface area (Å²) < 4.78 is 5.18. The lowest BCUT2D eigenvalue weighted by atomic mass is 10.2. The van der Waals surface area contributed by atoms with Gasteiger partial charge in [0.15, 0.2) is 0 Å². The standard InChI is InChI=1S/C13H19ClN2O2/c1-3-16(4-2)7-8-18-13(17)10-5-6-11(14)12(15)9-10/h5-6,9H,3-4,7-8,15H2,1-2H3. The Morgan fingerprint density at radius 3 is 2.61 bits per heavy atom. The number of carbonyl (C=O) groups excluding carboxylic acids is 1. The van der Waals surface area contributed by atoms with Gasteiger partial charge in [0.25, 0.3) is 0 Å². The van der Waals surface area contributed by atoms with Crippen molar-refractivity contribution < 1.29 is 9.53 Å². The molecule has 18 heavy (non-hydrogen) atoms. The highest BCUT2D eigenvalue weighted by atomic mass is 35.5. The molecular weight excluding hydrogens is 252 g/mol. The van der Waals surface area contributed by atoms with Gasteiger partial charge in [-0.3, -0.25) is 0 Å². The van der Waals surface area contributed by atoms with Gasteiger partial charge in [0.05, 0.1) is 16.3 Å². The number of benzene rings is 1. The third-order valence-electron chi connectivity index (χ3n) is 2.77. The smallest absolute Gasteiger partial charge is 0.338 e. The van der Waals surface area contributed by atoms with E-state index in [-0.39, 0.29) is 5.97 Å². The van der Waals surface area contributed by atoms with E-state index in [2.05, 4.69) is 18.7 Å². The van der Waals surface area contributed by atoms with Gasteiger partial charge < -0.3 is 15.4 Å². The van der Waals surface area contributed by atoms with E-state index in [1.807, 2.05) is 0 Å². The van der Waals surface area contributed by atoms with Gasteiger partial charge in [0.1, 0.15) is 6.61 Å². The number of nitrogen functional groups attached to an aromatic ring is 1. The molecule has 0 atom stereocenters. The lowest BCUT2D eigenvalue weighted by molar-refractivity contribution is 0.0466. The fourth-order valence-corrected chi connectivity index (χ4v) is 1.68. The molecular formula is C13H19ClN2O2. The highest BCUT2D eigenvalue weighted by Gasteiger charge is 2.09. The topological polar surface area (TPSA) is 55.6 Å². The Balaban J connectivity index is 2.48. The first-order valence-corrected chi connectivity index (χ1v) is 6.40. The van der Waals surface area contributed by atoms with Crippen molar-refractivity contribution in [2.24, 2.45) is 0 Å². The van der Waals surface area contributed by atoms with Crippen LogP contribution in [0.5, 0.6) is 0 Å². The lowest BCUT2D eigenvalue weighted by Crippen LogP contribution is -2.27. The van der Waals surface area contributed by atoms with Crippen LogP contribution in [0.15, 0.2) is 18.2 Å². The van der Waals surface area contributed by atoms with E-state index >= 15 is 0 Å². The molecule has 0 saturated heterocycles. The normalized spacial score (nSPS) is 10.7. The molecule has 5 heteroatoms. The number of esters is 1. The number of hydrogen-bond donors (Lipinski definition) is 1. The molecule has 100 valence electrons. The summed E-state index contributed by atoms with van der Waals surface area (Å²) in [5, 5.41) is 0.440. The van der Waals surface area contributed by atoms with Gasteiger partial charge in [-0.2, -0.15) is 0 Å². The molecule has 1 aromatic rings. The van der Waals surface area contributed by atoms with Gasteiger partial charge in [-0.05, 0) is 31.3 Å². The zero-order valence-corrected chi connectivity index (χ0v) is 11.5. The van der Waals surface area contributed by atoms with Crippen molar-refractivity contribution in [1.82, 2.24) is 4.90 Å². The van der Waals surface area contributed by atoms with Crippen molar-refractivity contribution in [2.75, 3.05) is 32.0 Å². The van der Waals surface area contributed by atoms with Crippen LogP contribution in [-0.4, -0.2) is 37.1 Å². The highest BCUT2D eigenvalue weighted by Crippen LogP contribution is 2.19. The fourth-order valence-electron chi connectivity index (χ4n) is 1.56. The summed E-state index contributed by atoms with van der Waals surface area (Å²) in [6.07, 6.45) is 0. The minimum Gasteiger partial charge on any atom is -0.461 e. The van der Waals surface area contributed by atoms with E-state index in [9.17, 15) is 4.79 Å². The van der Waals surface area contributed by atoms with Crippen LogP contribution in [0.1, 0.15) is 24.2 Å². The van der Waals surface area contributed by atoms with E-state index in [0.717, 1.165) is 19.6 Å². The summed E-state index contributed by atoms with van der Waals surface area (Å²) in [5.74, 6) is -0.370. The summed E-state index contributed by atoms with van der Waals surface area (Å²) >= 11 is 5.79. The van der Waals surface area contributed by atoms with Crippen molar-refractivity contribution in [1.29, 1.82) is 0 Å². The molecule has 0 amide bonds. The molecule has 1 aromatic carbocycles. The van der Waals surface area contributed by atoms with Crippen LogP contribution in [-0.2, 0) is 4.74 Å². The van der Waals surface area contributed by atoms with Gasteiger partial charge >= 0.3 is 5.97 Å². The molecule has 0 heterocycles. The second-order valence-electron chi connectivity index (χ2n) is 3.90. The molecule has 0 bridgehead atoms. The number of carbonyl (C=O) groups is 1. The van der Waals surface area contributed by atoms with Gasteiger partial charge in [0, 0.05) is 6.54 Å². The number of rotatable bonds is 6. The Bertz CT molecular complexity index is 406. The number of nitrogens with zero attached hydrogens (tertiary/aromatic N) is 1. The largest absolute Gasteiger partial charge is 0.461 e. The summed E-state index contributed by atoms with van der Waals surface area (Å²) in [4.78, 5) is 13.9. The predicted molar refractivity (Wildman–Crippen MR) is 73.9 cm³/mol.